The maximum Gasteiger partial charge on any atom is 0.144 e. The molecule has 6 nitrogen and oxygen atoms in total. The van der Waals surface area contributed by atoms with Crippen LogP contribution in [0.25, 0.3) is 32.7 Å². The molecular weight excluding hydrogens is 406 g/mol. The predicted molar refractivity (Wildman–Crippen MR) is 114 cm³/mol. The summed E-state index contributed by atoms with van der Waals surface area (Å²) >= 11 is 7.27. The first-order chi connectivity index (χ1) is 14.2. The Labute approximate surface area is 175 Å². The van der Waals surface area contributed by atoms with E-state index in [0.717, 1.165) is 15.8 Å². The molecule has 142 valence electrons. The molecule has 0 atom stereocenters. The van der Waals surface area contributed by atoms with Crippen LogP contribution in [0.1, 0.15) is 5.56 Å². The van der Waals surface area contributed by atoms with Gasteiger partial charge < -0.3 is 5.11 Å². The third kappa shape index (κ3) is 3.35. The van der Waals surface area contributed by atoms with E-state index in [2.05, 4.69) is 19.7 Å². The minimum absolute atomic E-state index is 0.0825. The topological polar surface area (TPSA) is 76.7 Å². The molecule has 3 heterocycles. The van der Waals surface area contributed by atoms with E-state index in [-0.39, 0.29) is 5.75 Å². The second-order valence-corrected chi connectivity index (χ2v) is 7.73. The van der Waals surface area contributed by atoms with Gasteiger partial charge in [-0.3, -0.25) is 0 Å². The molecule has 0 saturated carbocycles. The number of hydrogen-bond acceptors (Lipinski definition) is 6. The number of rotatable bonds is 4. The molecule has 29 heavy (non-hydrogen) atoms. The van der Waals surface area contributed by atoms with Crippen molar-refractivity contribution in [3.8, 4) is 28.4 Å². The van der Waals surface area contributed by atoms with Crippen molar-refractivity contribution in [3.05, 3.63) is 77.6 Å². The second kappa shape index (κ2) is 7.27. The van der Waals surface area contributed by atoms with Crippen molar-refractivity contribution in [1.82, 2.24) is 24.4 Å². The van der Waals surface area contributed by atoms with E-state index in [0.29, 0.717) is 34.0 Å². The molecule has 0 aliphatic carbocycles. The fourth-order valence-electron chi connectivity index (χ4n) is 3.18. The van der Waals surface area contributed by atoms with Gasteiger partial charge in [0.05, 0.1) is 34.7 Å². The zero-order valence-electron chi connectivity index (χ0n) is 15.0. The van der Waals surface area contributed by atoms with E-state index < -0.39 is 0 Å². The van der Waals surface area contributed by atoms with E-state index in [9.17, 15) is 5.11 Å². The van der Waals surface area contributed by atoms with Crippen molar-refractivity contribution >= 4 is 33.2 Å². The molecule has 0 spiro atoms. The van der Waals surface area contributed by atoms with Gasteiger partial charge in [0.15, 0.2) is 0 Å². The van der Waals surface area contributed by atoms with E-state index in [4.69, 9.17) is 11.6 Å². The molecule has 1 N–H and O–H groups in total. The van der Waals surface area contributed by atoms with Crippen molar-refractivity contribution < 1.29 is 5.11 Å². The predicted octanol–water partition coefficient (Wildman–Crippen LogP) is 5.02. The zero-order valence-corrected chi connectivity index (χ0v) is 16.6. The summed E-state index contributed by atoms with van der Waals surface area (Å²) in [5.41, 5.74) is 3.99. The lowest BCUT2D eigenvalue weighted by atomic mass is 10.1. The van der Waals surface area contributed by atoms with Crippen LogP contribution < -0.4 is 0 Å². The Morgan fingerprint density at radius 1 is 1.00 bits per heavy atom. The quantitative estimate of drug-likeness (QED) is 0.442. The molecule has 0 aliphatic heterocycles. The van der Waals surface area contributed by atoms with Crippen molar-refractivity contribution in [2.45, 2.75) is 6.54 Å². The number of pyridine rings is 1. The number of benzene rings is 2. The Morgan fingerprint density at radius 2 is 1.79 bits per heavy atom. The van der Waals surface area contributed by atoms with Gasteiger partial charge >= 0.3 is 0 Å². The van der Waals surface area contributed by atoms with E-state index in [1.54, 1.807) is 16.8 Å². The summed E-state index contributed by atoms with van der Waals surface area (Å²) in [6.07, 6.45) is 3.29. The third-order valence-electron chi connectivity index (χ3n) is 4.57. The summed E-state index contributed by atoms with van der Waals surface area (Å²) in [5.74, 6) is 0.0825. The summed E-state index contributed by atoms with van der Waals surface area (Å²) in [7, 11) is 0. The largest absolute Gasteiger partial charge is 0.506 e. The van der Waals surface area contributed by atoms with Crippen molar-refractivity contribution in [1.29, 1.82) is 0 Å². The van der Waals surface area contributed by atoms with Crippen molar-refractivity contribution in [2.75, 3.05) is 0 Å². The maximum atomic E-state index is 10.5. The molecule has 0 aliphatic rings. The van der Waals surface area contributed by atoms with Crippen LogP contribution in [0, 0.1) is 0 Å². The zero-order chi connectivity index (χ0) is 19.8. The molecule has 0 unspecified atom stereocenters. The molecule has 0 amide bonds. The number of nitrogens with zero attached hydrogens (tertiary/aromatic N) is 5. The summed E-state index contributed by atoms with van der Waals surface area (Å²) in [6, 6.07) is 17.4. The first-order valence-corrected chi connectivity index (χ1v) is 10.0. The van der Waals surface area contributed by atoms with Crippen LogP contribution in [-0.4, -0.2) is 29.5 Å². The lowest BCUT2D eigenvalue weighted by Gasteiger charge is -2.03. The summed E-state index contributed by atoms with van der Waals surface area (Å²) in [4.78, 5) is 4.40. The molecule has 5 aromatic rings. The van der Waals surface area contributed by atoms with Crippen molar-refractivity contribution in [2.24, 2.45) is 0 Å². The van der Waals surface area contributed by atoms with Gasteiger partial charge in [0.2, 0.25) is 0 Å². The molecular formula is C21H14ClN5OS. The standard InChI is InChI=1S/C21H14ClN5OS/c22-15-8-6-14(7-9-15)19-18-17(28)10-23-20(21(18)29-25-19)16-12-27(26-24-16)11-13-4-2-1-3-5-13/h1-10,12,28H,11H2. The normalized spacial score (nSPS) is 11.2. The number of fused-ring (bicyclic) bond motifs is 1. The Morgan fingerprint density at radius 3 is 2.59 bits per heavy atom. The molecule has 2 aromatic carbocycles. The lowest BCUT2D eigenvalue weighted by molar-refractivity contribution is 0.479. The minimum atomic E-state index is 0.0825. The van der Waals surface area contributed by atoms with Crippen LogP contribution in [-0.2, 0) is 6.54 Å². The van der Waals surface area contributed by atoms with Crippen LogP contribution in [0.2, 0.25) is 5.02 Å². The average Bonchev–Trinajstić information content (AvgIpc) is 3.38. The highest BCUT2D eigenvalue weighted by atomic mass is 35.5. The summed E-state index contributed by atoms with van der Waals surface area (Å²) < 4.78 is 7.10. The van der Waals surface area contributed by atoms with Crippen LogP contribution in [0.15, 0.2) is 67.0 Å². The molecule has 0 bridgehead atoms. The fourth-order valence-corrected chi connectivity index (χ4v) is 4.22. The monoisotopic (exact) mass is 419 g/mol. The number of hydrogen-bond donors (Lipinski definition) is 1. The minimum Gasteiger partial charge on any atom is -0.506 e. The van der Waals surface area contributed by atoms with Gasteiger partial charge in [-0.25, -0.2) is 9.67 Å². The molecule has 3 aromatic heterocycles. The fraction of sp³-hybridized carbons (Fsp3) is 0.0476. The number of halogens is 1. The Kier molecular flexibility index (Phi) is 4.46. The van der Waals surface area contributed by atoms with Crippen LogP contribution in [0.3, 0.4) is 0 Å². The van der Waals surface area contributed by atoms with E-state index in [1.807, 2.05) is 48.7 Å². The highest BCUT2D eigenvalue weighted by Gasteiger charge is 2.19. The molecule has 8 heteroatoms. The molecule has 0 radical (unpaired) electrons. The van der Waals surface area contributed by atoms with Crippen LogP contribution in [0.5, 0.6) is 5.75 Å². The van der Waals surface area contributed by atoms with Crippen LogP contribution >= 0.6 is 23.1 Å². The van der Waals surface area contributed by atoms with Gasteiger partial charge in [0, 0.05) is 10.6 Å². The smallest absolute Gasteiger partial charge is 0.144 e. The Balaban J connectivity index is 1.56. The summed E-state index contributed by atoms with van der Waals surface area (Å²) in [5, 5.41) is 20.3. The lowest BCUT2D eigenvalue weighted by Crippen LogP contribution is -1.99. The summed E-state index contributed by atoms with van der Waals surface area (Å²) in [6.45, 7) is 0.619. The Bertz CT molecular complexity index is 1300. The number of aromatic nitrogens is 5. The first-order valence-electron chi connectivity index (χ1n) is 8.87. The second-order valence-electron chi connectivity index (χ2n) is 6.52. The van der Waals surface area contributed by atoms with Gasteiger partial charge in [-0.05, 0) is 29.2 Å². The average molecular weight is 420 g/mol. The van der Waals surface area contributed by atoms with E-state index in [1.165, 1.54) is 17.7 Å². The molecule has 5 rings (SSSR count). The van der Waals surface area contributed by atoms with Gasteiger partial charge in [-0.15, -0.1) is 5.10 Å². The number of aromatic hydroxyl groups is 1. The van der Waals surface area contributed by atoms with Crippen molar-refractivity contribution in [3.63, 3.8) is 0 Å². The first kappa shape index (κ1) is 17.8. The molecule has 0 saturated heterocycles. The van der Waals surface area contributed by atoms with Gasteiger partial charge in [0.25, 0.3) is 0 Å². The van der Waals surface area contributed by atoms with Gasteiger partial charge in [-0.2, -0.15) is 4.37 Å². The highest BCUT2D eigenvalue weighted by molar-refractivity contribution is 7.14. The SMILES string of the molecule is Oc1cnc(-c2cn(Cc3ccccc3)nn2)c2snc(-c3ccc(Cl)cc3)c12. The third-order valence-corrected chi connectivity index (χ3v) is 5.67. The van der Waals surface area contributed by atoms with E-state index >= 15 is 0 Å². The van der Waals surface area contributed by atoms with Gasteiger partial charge in [-0.1, -0.05) is 59.3 Å². The highest BCUT2D eigenvalue weighted by Crippen LogP contribution is 2.40. The van der Waals surface area contributed by atoms with Gasteiger partial charge in [0.1, 0.15) is 17.1 Å². The van der Waals surface area contributed by atoms with Crippen LogP contribution in [0.4, 0.5) is 0 Å². The maximum absolute atomic E-state index is 10.5. The molecule has 0 fully saturated rings. The Hall–Kier alpha value is -3.29.